The first-order valence-electron chi connectivity index (χ1n) is 10.5. The van der Waals surface area contributed by atoms with E-state index in [0.29, 0.717) is 13.2 Å². The van der Waals surface area contributed by atoms with Gasteiger partial charge in [0.2, 0.25) is 5.82 Å². The second-order valence-corrected chi connectivity index (χ2v) is 7.90. The molecule has 4 rings (SSSR count). The molecule has 0 spiro atoms. The number of nitrogens with one attached hydrogen (secondary N) is 1. The van der Waals surface area contributed by atoms with Gasteiger partial charge in [-0.1, -0.05) is 12.1 Å². The number of ether oxygens (including phenoxy) is 1. The Balaban J connectivity index is 1.57. The molecule has 1 saturated heterocycles. The molecule has 0 aliphatic carbocycles. The molecule has 0 bridgehead atoms. The maximum Gasteiger partial charge on any atom is 0.214 e. The molecule has 158 valence electrons. The number of nitrogens with zero attached hydrogens (tertiary/aromatic N) is 6. The van der Waals surface area contributed by atoms with Crippen molar-refractivity contribution in [1.82, 2.24) is 25.2 Å². The SMILES string of the molecule is COCCn1nnnc1[C@H](c1ccncc1)[NH+]1CCN(c2cc(C)ccc2C)CC1. The largest absolute Gasteiger partial charge is 0.383 e. The smallest absolute Gasteiger partial charge is 0.214 e. The Hall–Kier alpha value is -2.84. The number of aryl methyl sites for hydroxylation is 2. The third-order valence-electron chi connectivity index (χ3n) is 5.88. The van der Waals surface area contributed by atoms with Crippen molar-refractivity contribution in [3.63, 3.8) is 0 Å². The van der Waals surface area contributed by atoms with Crippen LogP contribution in [0.25, 0.3) is 0 Å². The van der Waals surface area contributed by atoms with Gasteiger partial charge in [0.05, 0.1) is 39.3 Å². The van der Waals surface area contributed by atoms with Crippen LogP contribution in [-0.4, -0.2) is 65.1 Å². The summed E-state index contributed by atoms with van der Waals surface area (Å²) in [6.45, 7) is 9.59. The van der Waals surface area contributed by atoms with Gasteiger partial charge in [0.1, 0.15) is 0 Å². The highest BCUT2D eigenvalue weighted by Gasteiger charge is 2.34. The van der Waals surface area contributed by atoms with Gasteiger partial charge in [-0.3, -0.25) is 4.98 Å². The van der Waals surface area contributed by atoms with Gasteiger partial charge in [0, 0.05) is 30.8 Å². The number of pyridine rings is 1. The molecule has 3 heterocycles. The van der Waals surface area contributed by atoms with Gasteiger partial charge >= 0.3 is 0 Å². The van der Waals surface area contributed by atoms with Crippen LogP contribution in [0.1, 0.15) is 28.6 Å². The minimum absolute atomic E-state index is 0.0700. The Morgan fingerprint density at radius 2 is 1.87 bits per heavy atom. The van der Waals surface area contributed by atoms with Gasteiger partial charge < -0.3 is 14.5 Å². The van der Waals surface area contributed by atoms with Crippen molar-refractivity contribution in [3.8, 4) is 0 Å². The van der Waals surface area contributed by atoms with Gasteiger partial charge in [0.15, 0.2) is 6.04 Å². The number of methoxy groups -OCH3 is 1. The molecule has 8 heteroatoms. The lowest BCUT2D eigenvalue weighted by Crippen LogP contribution is -3.15. The van der Waals surface area contributed by atoms with E-state index >= 15 is 0 Å². The summed E-state index contributed by atoms with van der Waals surface area (Å²) < 4.78 is 7.12. The van der Waals surface area contributed by atoms with E-state index < -0.39 is 0 Å². The Bertz CT molecular complexity index is 951. The van der Waals surface area contributed by atoms with Crippen LogP contribution in [-0.2, 0) is 11.3 Å². The monoisotopic (exact) mass is 408 g/mol. The summed E-state index contributed by atoms with van der Waals surface area (Å²) in [5.41, 5.74) is 5.17. The summed E-state index contributed by atoms with van der Waals surface area (Å²) >= 11 is 0. The highest BCUT2D eigenvalue weighted by atomic mass is 16.5. The molecule has 0 unspecified atom stereocenters. The molecule has 0 amide bonds. The van der Waals surface area contributed by atoms with Crippen LogP contribution >= 0.6 is 0 Å². The predicted molar refractivity (Wildman–Crippen MR) is 115 cm³/mol. The standard InChI is InChI=1S/C22H29N7O/c1-17-4-5-18(2)20(16-17)27-10-12-28(13-11-27)21(19-6-8-23-9-7-19)22-24-25-26-29(22)14-15-30-3/h4-9,16,21H,10-15H2,1-3H3/p+1/t21-/m0/s1. The first-order chi connectivity index (χ1) is 14.7. The molecule has 8 nitrogen and oxygen atoms in total. The predicted octanol–water partition coefficient (Wildman–Crippen LogP) is 0.826. The number of anilines is 1. The number of tetrazole rings is 1. The Kier molecular flexibility index (Phi) is 6.35. The average Bonchev–Trinajstić information content (AvgIpc) is 3.23. The summed E-state index contributed by atoms with van der Waals surface area (Å²) in [5, 5.41) is 12.6. The number of benzene rings is 1. The molecule has 1 N–H and O–H groups in total. The summed E-state index contributed by atoms with van der Waals surface area (Å²) in [4.78, 5) is 8.17. The van der Waals surface area contributed by atoms with Crippen LogP contribution in [0.2, 0.25) is 0 Å². The molecule has 1 aliphatic rings. The van der Waals surface area contributed by atoms with Crippen LogP contribution in [0.3, 0.4) is 0 Å². The third-order valence-corrected chi connectivity index (χ3v) is 5.88. The molecule has 3 aromatic rings. The van der Waals surface area contributed by atoms with Crippen molar-refractivity contribution in [1.29, 1.82) is 0 Å². The van der Waals surface area contributed by atoms with E-state index in [-0.39, 0.29) is 6.04 Å². The quantitative estimate of drug-likeness (QED) is 0.624. The topological polar surface area (TPSA) is 73.4 Å². The highest BCUT2D eigenvalue weighted by Crippen LogP contribution is 2.22. The lowest BCUT2D eigenvalue weighted by Gasteiger charge is -2.37. The zero-order valence-electron chi connectivity index (χ0n) is 18.0. The molecular formula is C22H30N7O+. The minimum atomic E-state index is 0.0700. The van der Waals surface area contributed by atoms with E-state index in [0.717, 1.165) is 32.0 Å². The maximum absolute atomic E-state index is 5.25. The van der Waals surface area contributed by atoms with E-state index in [4.69, 9.17) is 4.74 Å². The number of aromatic nitrogens is 5. The molecule has 0 saturated carbocycles. The first-order valence-corrected chi connectivity index (χ1v) is 10.5. The minimum Gasteiger partial charge on any atom is -0.383 e. The Morgan fingerprint density at radius 1 is 1.10 bits per heavy atom. The highest BCUT2D eigenvalue weighted by molar-refractivity contribution is 5.55. The molecule has 1 aliphatic heterocycles. The fourth-order valence-corrected chi connectivity index (χ4v) is 4.26. The molecule has 1 aromatic carbocycles. The van der Waals surface area contributed by atoms with Crippen LogP contribution in [0, 0.1) is 13.8 Å². The number of rotatable bonds is 7. The fourth-order valence-electron chi connectivity index (χ4n) is 4.26. The second kappa shape index (κ2) is 9.32. The van der Waals surface area contributed by atoms with Crippen molar-refractivity contribution < 1.29 is 9.64 Å². The van der Waals surface area contributed by atoms with Crippen molar-refractivity contribution >= 4 is 5.69 Å². The van der Waals surface area contributed by atoms with Gasteiger partial charge in [-0.05, 0) is 53.6 Å². The maximum atomic E-state index is 5.25. The number of hydrogen-bond acceptors (Lipinski definition) is 6. The van der Waals surface area contributed by atoms with Gasteiger partial charge in [-0.2, -0.15) is 0 Å². The molecule has 0 radical (unpaired) electrons. The molecule has 1 fully saturated rings. The Morgan fingerprint density at radius 3 is 2.60 bits per heavy atom. The van der Waals surface area contributed by atoms with Crippen LogP contribution < -0.4 is 9.80 Å². The van der Waals surface area contributed by atoms with Gasteiger partial charge in [-0.15, -0.1) is 5.10 Å². The average molecular weight is 409 g/mol. The van der Waals surface area contributed by atoms with Gasteiger partial charge in [0.25, 0.3) is 0 Å². The van der Waals surface area contributed by atoms with Crippen molar-refractivity contribution in [2.24, 2.45) is 0 Å². The van der Waals surface area contributed by atoms with Crippen molar-refractivity contribution in [2.75, 3.05) is 44.8 Å². The molecule has 1 atom stereocenters. The van der Waals surface area contributed by atoms with E-state index in [1.807, 2.05) is 17.1 Å². The molecular weight excluding hydrogens is 378 g/mol. The van der Waals surface area contributed by atoms with E-state index in [2.05, 4.69) is 69.6 Å². The van der Waals surface area contributed by atoms with Crippen LogP contribution in [0.15, 0.2) is 42.7 Å². The van der Waals surface area contributed by atoms with Crippen molar-refractivity contribution in [3.05, 3.63) is 65.2 Å². The number of quaternary nitrogens is 1. The summed E-state index contributed by atoms with van der Waals surface area (Å²) in [5.74, 6) is 0.883. The zero-order valence-corrected chi connectivity index (χ0v) is 18.0. The molecule has 30 heavy (non-hydrogen) atoms. The van der Waals surface area contributed by atoms with Crippen LogP contribution in [0.5, 0.6) is 0 Å². The normalized spacial score (nSPS) is 16.0. The van der Waals surface area contributed by atoms with Crippen LogP contribution in [0.4, 0.5) is 5.69 Å². The van der Waals surface area contributed by atoms with E-state index in [9.17, 15) is 0 Å². The fraction of sp³-hybridized carbons (Fsp3) is 0.455. The second-order valence-electron chi connectivity index (χ2n) is 7.90. The van der Waals surface area contributed by atoms with E-state index in [1.54, 1.807) is 7.11 Å². The van der Waals surface area contributed by atoms with Crippen molar-refractivity contribution in [2.45, 2.75) is 26.4 Å². The lowest BCUT2D eigenvalue weighted by atomic mass is 10.0. The lowest BCUT2D eigenvalue weighted by molar-refractivity contribution is -0.927. The summed E-state index contributed by atoms with van der Waals surface area (Å²) in [6, 6.07) is 10.9. The molecule has 2 aromatic heterocycles. The third kappa shape index (κ3) is 4.34. The Labute approximate surface area is 177 Å². The first kappa shape index (κ1) is 20.4. The van der Waals surface area contributed by atoms with Gasteiger partial charge in [-0.25, -0.2) is 4.68 Å². The summed E-state index contributed by atoms with van der Waals surface area (Å²) in [7, 11) is 1.70. The zero-order chi connectivity index (χ0) is 20.9. The number of piperazine rings is 1. The van der Waals surface area contributed by atoms with E-state index in [1.165, 1.54) is 27.3 Å². The number of hydrogen-bond donors (Lipinski definition) is 1. The summed E-state index contributed by atoms with van der Waals surface area (Å²) in [6.07, 6.45) is 3.69.